The van der Waals surface area contributed by atoms with Crippen LogP contribution in [0.2, 0.25) is 0 Å². The molecule has 4 rings (SSSR count). The van der Waals surface area contributed by atoms with E-state index in [0.717, 1.165) is 29.0 Å². The molecule has 2 atom stereocenters. The Morgan fingerprint density at radius 3 is 2.04 bits per heavy atom. The zero-order valence-electron chi connectivity index (χ0n) is 27.8. The topological polar surface area (TPSA) is 24.9 Å². The predicted octanol–water partition coefficient (Wildman–Crippen LogP) is 11.8. The zero-order chi connectivity index (χ0) is 33.6. The standard InChI is InChI=1S/C23H20N2.C14H22F4.C2H6/c1-24-23(18-10-3-2-4-11-18)22-16-8-15-21(25-22)20-14-7-12-17-9-5-6-13-19(17)20;1-6-12(10(4)7-9(2)3)8-11(5)13(15)14(16,17)18;1-2/h2-16,23-24H,1H3;8-9,13H,6-7H2,1-5H3;1-2H3/b;11-8+,12-10-;. The molecule has 2 nitrogen and oxygen atoms in total. The Morgan fingerprint density at radius 1 is 0.844 bits per heavy atom. The number of aromatic nitrogens is 1. The molecule has 45 heavy (non-hydrogen) atoms. The summed E-state index contributed by atoms with van der Waals surface area (Å²) in [5.74, 6) is 0.434. The summed E-state index contributed by atoms with van der Waals surface area (Å²) in [4.78, 5) is 4.98. The molecule has 0 aliphatic rings. The largest absolute Gasteiger partial charge is 0.423 e. The van der Waals surface area contributed by atoms with Crippen molar-refractivity contribution in [1.29, 1.82) is 0 Å². The van der Waals surface area contributed by atoms with E-state index in [4.69, 9.17) is 4.98 Å². The van der Waals surface area contributed by atoms with Crippen molar-refractivity contribution >= 4 is 10.8 Å². The third-order valence-corrected chi connectivity index (χ3v) is 7.29. The molecule has 4 aromatic rings. The number of alkyl halides is 4. The lowest BCUT2D eigenvalue weighted by molar-refractivity contribution is -0.169. The van der Waals surface area contributed by atoms with Gasteiger partial charge in [0.15, 0.2) is 0 Å². The average Bonchev–Trinajstić information content (AvgIpc) is 3.04. The molecule has 0 spiro atoms. The fraction of sp³-hybridized carbons (Fsp3) is 0.359. The third kappa shape index (κ3) is 11.0. The molecule has 0 aliphatic heterocycles. The van der Waals surface area contributed by atoms with E-state index in [-0.39, 0.29) is 11.6 Å². The lowest BCUT2D eigenvalue weighted by Gasteiger charge is -2.17. The average molecular weight is 621 g/mol. The molecule has 3 aromatic carbocycles. The van der Waals surface area contributed by atoms with Gasteiger partial charge < -0.3 is 5.32 Å². The number of nitrogens with one attached hydrogen (secondary N) is 1. The van der Waals surface area contributed by atoms with Gasteiger partial charge in [0, 0.05) is 5.56 Å². The van der Waals surface area contributed by atoms with Crippen molar-refractivity contribution in [3.63, 3.8) is 0 Å². The molecule has 242 valence electrons. The number of rotatable bonds is 9. The molecule has 1 heterocycles. The summed E-state index contributed by atoms with van der Waals surface area (Å²) in [6.45, 7) is 13.0. The van der Waals surface area contributed by atoms with Gasteiger partial charge in [-0.15, -0.1) is 0 Å². The van der Waals surface area contributed by atoms with Gasteiger partial charge in [-0.2, -0.15) is 13.2 Å². The summed E-state index contributed by atoms with van der Waals surface area (Å²) in [6.07, 6.45) is -4.91. The highest BCUT2D eigenvalue weighted by Gasteiger charge is 2.41. The molecule has 0 amide bonds. The lowest BCUT2D eigenvalue weighted by atomic mass is 9.96. The van der Waals surface area contributed by atoms with Gasteiger partial charge in [-0.3, -0.25) is 4.98 Å². The van der Waals surface area contributed by atoms with Crippen molar-refractivity contribution < 1.29 is 17.6 Å². The SMILES string of the molecule is CC.CCC(/C=C(\C)C(F)C(F)(F)F)=C(\C)CC(C)C.CNC(c1ccccc1)c1cccc(-c2cccc3ccccc23)n1. The van der Waals surface area contributed by atoms with E-state index in [9.17, 15) is 17.6 Å². The van der Waals surface area contributed by atoms with Crippen molar-refractivity contribution in [2.75, 3.05) is 7.05 Å². The molecule has 1 aromatic heterocycles. The van der Waals surface area contributed by atoms with Crippen molar-refractivity contribution in [2.45, 2.75) is 79.7 Å². The number of hydrogen-bond acceptors (Lipinski definition) is 2. The van der Waals surface area contributed by atoms with Crippen LogP contribution in [0.1, 0.15) is 78.6 Å². The molecule has 2 unspecified atom stereocenters. The van der Waals surface area contributed by atoms with E-state index in [1.54, 1.807) is 0 Å². The minimum atomic E-state index is -4.81. The van der Waals surface area contributed by atoms with Crippen LogP contribution >= 0.6 is 0 Å². The molecule has 0 saturated heterocycles. The number of benzene rings is 3. The van der Waals surface area contributed by atoms with Gasteiger partial charge in [0.25, 0.3) is 0 Å². The highest BCUT2D eigenvalue weighted by molar-refractivity contribution is 5.95. The summed E-state index contributed by atoms with van der Waals surface area (Å²) >= 11 is 0. The smallest absolute Gasteiger partial charge is 0.308 e. The van der Waals surface area contributed by atoms with E-state index >= 15 is 0 Å². The van der Waals surface area contributed by atoms with Crippen molar-refractivity contribution in [1.82, 2.24) is 10.3 Å². The summed E-state index contributed by atoms with van der Waals surface area (Å²) < 4.78 is 49.8. The second-order valence-electron chi connectivity index (χ2n) is 11.2. The summed E-state index contributed by atoms with van der Waals surface area (Å²) in [5, 5.41) is 5.86. The monoisotopic (exact) mass is 620 g/mol. The minimum absolute atomic E-state index is 0.0797. The van der Waals surface area contributed by atoms with Crippen LogP contribution in [0.4, 0.5) is 17.6 Å². The second kappa shape index (κ2) is 18.3. The maximum absolute atomic E-state index is 13.1. The van der Waals surface area contributed by atoms with Crippen LogP contribution in [0.3, 0.4) is 0 Å². The lowest BCUT2D eigenvalue weighted by Crippen LogP contribution is -2.25. The van der Waals surface area contributed by atoms with Gasteiger partial charge in [0.2, 0.25) is 6.17 Å². The maximum atomic E-state index is 13.1. The van der Waals surface area contributed by atoms with Crippen LogP contribution in [0, 0.1) is 5.92 Å². The number of allylic oxidation sites excluding steroid dienone is 4. The minimum Gasteiger partial charge on any atom is -0.308 e. The molecule has 0 aliphatic carbocycles. The van der Waals surface area contributed by atoms with Crippen LogP contribution in [-0.4, -0.2) is 24.4 Å². The van der Waals surface area contributed by atoms with Gasteiger partial charge >= 0.3 is 6.18 Å². The zero-order valence-corrected chi connectivity index (χ0v) is 27.8. The fourth-order valence-corrected chi connectivity index (χ4v) is 5.22. The Labute approximate surface area is 267 Å². The Morgan fingerprint density at radius 2 is 1.44 bits per heavy atom. The van der Waals surface area contributed by atoms with Crippen LogP contribution in [0.5, 0.6) is 0 Å². The molecule has 0 bridgehead atoms. The summed E-state index contributed by atoms with van der Waals surface area (Å²) in [7, 11) is 1.98. The fourth-order valence-electron chi connectivity index (χ4n) is 5.22. The summed E-state index contributed by atoms with van der Waals surface area (Å²) in [5.41, 5.74) is 5.97. The van der Waals surface area contributed by atoms with Gasteiger partial charge in [0.1, 0.15) is 0 Å². The van der Waals surface area contributed by atoms with Crippen molar-refractivity contribution in [3.05, 3.63) is 125 Å². The molecule has 0 fully saturated rings. The normalized spacial score (nSPS) is 13.7. The van der Waals surface area contributed by atoms with Gasteiger partial charge in [-0.05, 0) is 79.3 Å². The third-order valence-electron chi connectivity index (χ3n) is 7.29. The first-order valence-electron chi connectivity index (χ1n) is 15.7. The first kappa shape index (κ1) is 37.4. The van der Waals surface area contributed by atoms with E-state index < -0.39 is 12.3 Å². The quantitative estimate of drug-likeness (QED) is 0.149. The number of nitrogens with zero attached hydrogens (tertiary/aromatic N) is 1. The number of hydrogen-bond donors (Lipinski definition) is 1. The van der Waals surface area contributed by atoms with E-state index in [2.05, 4.69) is 90.2 Å². The molecule has 0 saturated carbocycles. The van der Waals surface area contributed by atoms with Crippen molar-refractivity contribution in [2.24, 2.45) is 5.92 Å². The molecule has 6 heteroatoms. The van der Waals surface area contributed by atoms with Crippen LogP contribution in [-0.2, 0) is 0 Å². The highest BCUT2D eigenvalue weighted by Crippen LogP contribution is 2.31. The first-order chi connectivity index (χ1) is 21.5. The van der Waals surface area contributed by atoms with Crippen LogP contribution < -0.4 is 5.32 Å². The first-order valence-corrected chi connectivity index (χ1v) is 15.7. The maximum Gasteiger partial charge on any atom is 0.423 e. The highest BCUT2D eigenvalue weighted by atomic mass is 19.4. The Hall–Kier alpha value is -3.77. The van der Waals surface area contributed by atoms with Crippen molar-refractivity contribution in [3.8, 4) is 11.3 Å². The van der Waals surface area contributed by atoms with E-state index in [0.29, 0.717) is 12.3 Å². The predicted molar refractivity (Wildman–Crippen MR) is 183 cm³/mol. The Balaban J connectivity index is 0.000000315. The summed E-state index contributed by atoms with van der Waals surface area (Å²) in [6, 6.07) is 31.6. The molecule has 1 N–H and O–H groups in total. The Kier molecular flexibility index (Phi) is 15.2. The van der Waals surface area contributed by atoms with Gasteiger partial charge in [-0.25, -0.2) is 4.39 Å². The molecular weight excluding hydrogens is 572 g/mol. The number of pyridine rings is 1. The second-order valence-corrected chi connectivity index (χ2v) is 11.2. The number of fused-ring (bicyclic) bond motifs is 1. The van der Waals surface area contributed by atoms with Gasteiger partial charge in [0.05, 0.1) is 17.4 Å². The van der Waals surface area contributed by atoms with Crippen LogP contribution in [0.25, 0.3) is 22.0 Å². The number of halogens is 4. The van der Waals surface area contributed by atoms with Crippen LogP contribution in [0.15, 0.2) is 114 Å². The van der Waals surface area contributed by atoms with E-state index in [1.807, 2.05) is 54.7 Å². The van der Waals surface area contributed by atoms with Gasteiger partial charge in [-0.1, -0.05) is 125 Å². The molecule has 0 radical (unpaired) electrons. The molecular formula is C39H48F4N2. The Bertz CT molecular complexity index is 1520. The van der Waals surface area contributed by atoms with E-state index in [1.165, 1.54) is 34.9 Å².